The molecule has 1 unspecified atom stereocenters. The van der Waals surface area contributed by atoms with Gasteiger partial charge in [0.25, 0.3) is 0 Å². The van der Waals surface area contributed by atoms with Crippen LogP contribution in [0.2, 0.25) is 0 Å². The van der Waals surface area contributed by atoms with E-state index in [4.69, 9.17) is 38.2 Å². The van der Waals surface area contributed by atoms with Crippen LogP contribution < -0.4 is 0 Å². The van der Waals surface area contributed by atoms with Gasteiger partial charge < -0.3 is 4.43 Å². The van der Waals surface area contributed by atoms with Gasteiger partial charge in [-0.05, 0) is 12.3 Å². The minimum absolute atomic E-state index is 0.236. The second-order valence-corrected chi connectivity index (χ2v) is 10.4. The topological polar surface area (TPSA) is 9.23 Å². The smallest absolute Gasteiger partial charge is 0.391 e. The van der Waals surface area contributed by atoms with E-state index in [0.717, 1.165) is 6.42 Å². The third-order valence-electron chi connectivity index (χ3n) is 2.23. The molecule has 0 fully saturated rings. The van der Waals surface area contributed by atoms with E-state index in [1.807, 2.05) is 0 Å². The number of hydrogen-bond donors (Lipinski definition) is 0. The largest absolute Gasteiger partial charge is 0.404 e. The van der Waals surface area contributed by atoms with E-state index in [9.17, 15) is 0 Å². The lowest BCUT2D eigenvalue weighted by Gasteiger charge is -2.19. The predicted octanol–water partition coefficient (Wildman–Crippen LogP) is 4.41. The van der Waals surface area contributed by atoms with Crippen LogP contribution in [0.25, 0.3) is 0 Å². The summed E-state index contributed by atoms with van der Waals surface area (Å²) in [6.07, 6.45) is 4.76. The maximum Gasteiger partial charge on any atom is 0.404 e. The van der Waals surface area contributed by atoms with Crippen molar-refractivity contribution < 1.29 is 4.43 Å². The zero-order valence-electron chi connectivity index (χ0n) is 8.86. The normalized spacial score (nSPS) is 14.4. The number of rotatable bonds is 8. The predicted molar refractivity (Wildman–Crippen MR) is 67.4 cm³/mol. The van der Waals surface area contributed by atoms with Crippen LogP contribution >= 0.6 is 33.8 Å². The second-order valence-electron chi connectivity index (χ2n) is 3.50. The maximum atomic E-state index is 5.91. The molecule has 0 aliphatic heterocycles. The summed E-state index contributed by atoms with van der Waals surface area (Å²) in [5, 5.41) is 0. The molecule has 0 spiro atoms. The van der Waals surface area contributed by atoms with Crippen molar-refractivity contribution in [3.63, 3.8) is 0 Å². The molecule has 0 aromatic carbocycles. The Labute approximate surface area is 103 Å². The summed E-state index contributed by atoms with van der Waals surface area (Å²) in [6.45, 7) is 2.42. The summed E-state index contributed by atoms with van der Waals surface area (Å²) in [6, 6.07) is 0. The molecular formula is C9H19Cl3OSi. The Hall–Kier alpha value is 1.05. The van der Waals surface area contributed by atoms with E-state index in [2.05, 4.69) is 13.8 Å². The van der Waals surface area contributed by atoms with E-state index >= 15 is 0 Å². The highest BCUT2D eigenvalue weighted by Crippen LogP contribution is 2.21. The molecule has 0 aliphatic carbocycles. The van der Waals surface area contributed by atoms with E-state index in [1.165, 1.54) is 19.3 Å². The molecule has 0 saturated heterocycles. The molecule has 1 atom stereocenters. The van der Waals surface area contributed by atoms with Crippen molar-refractivity contribution >= 4 is 40.7 Å². The van der Waals surface area contributed by atoms with Crippen LogP contribution in [0.1, 0.15) is 39.5 Å². The third kappa shape index (κ3) is 7.35. The number of unbranched alkanes of at least 4 members (excludes halogenated alkanes) is 1. The van der Waals surface area contributed by atoms with Crippen molar-refractivity contribution in [2.24, 2.45) is 5.92 Å². The van der Waals surface area contributed by atoms with Gasteiger partial charge in [0.15, 0.2) is 0 Å². The highest BCUT2D eigenvalue weighted by molar-refractivity contribution is 7.43. The molecule has 0 rings (SSSR count). The van der Waals surface area contributed by atoms with Gasteiger partial charge in [0.05, 0.1) is 5.50 Å². The lowest BCUT2D eigenvalue weighted by Crippen LogP contribution is -2.30. The van der Waals surface area contributed by atoms with Crippen LogP contribution in [0.4, 0.5) is 0 Å². The molecule has 0 saturated carbocycles. The van der Waals surface area contributed by atoms with Crippen LogP contribution in [0.3, 0.4) is 0 Å². The van der Waals surface area contributed by atoms with Gasteiger partial charge in [-0.3, -0.25) is 0 Å². The summed E-state index contributed by atoms with van der Waals surface area (Å²) < 4.78 is 5.47. The fourth-order valence-corrected chi connectivity index (χ4v) is 2.34. The third-order valence-corrected chi connectivity index (χ3v) is 6.54. The van der Waals surface area contributed by atoms with Gasteiger partial charge in [-0.15, -0.1) is 33.8 Å². The Morgan fingerprint density at radius 3 is 2.36 bits per heavy atom. The van der Waals surface area contributed by atoms with Crippen LogP contribution in [-0.4, -0.2) is 19.0 Å². The van der Waals surface area contributed by atoms with Gasteiger partial charge in [0.1, 0.15) is 0 Å². The van der Waals surface area contributed by atoms with Gasteiger partial charge in [-0.2, -0.15) is 0 Å². The molecular weight excluding hydrogens is 259 g/mol. The Morgan fingerprint density at radius 1 is 1.29 bits per heavy atom. The molecule has 0 amide bonds. The summed E-state index contributed by atoms with van der Waals surface area (Å²) in [4.78, 5) is 0. The first kappa shape index (κ1) is 15.0. The highest BCUT2D eigenvalue weighted by Gasteiger charge is 2.30. The van der Waals surface area contributed by atoms with Gasteiger partial charge >= 0.3 is 6.94 Å². The van der Waals surface area contributed by atoms with E-state index in [0.29, 0.717) is 12.5 Å². The molecule has 0 radical (unpaired) electrons. The van der Waals surface area contributed by atoms with E-state index in [-0.39, 0.29) is 5.50 Å². The fourth-order valence-electron chi connectivity index (χ4n) is 1.18. The van der Waals surface area contributed by atoms with Crippen LogP contribution in [0.5, 0.6) is 0 Å². The highest BCUT2D eigenvalue weighted by atomic mass is 35.7. The standard InChI is InChI=1S/C9H19Cl3OSi/c1-3-5-6-9(4-2)7-13-14(11,12)8-10/h9H,3-8H2,1-2H3. The monoisotopic (exact) mass is 276 g/mol. The lowest BCUT2D eigenvalue weighted by atomic mass is 10.0. The molecule has 0 aliphatic rings. The second kappa shape index (κ2) is 8.23. The minimum Gasteiger partial charge on any atom is -0.391 e. The summed E-state index contributed by atoms with van der Waals surface area (Å²) >= 11 is 17.4. The molecule has 0 aromatic heterocycles. The first-order valence-corrected chi connectivity index (χ1v) is 9.80. The van der Waals surface area contributed by atoms with Gasteiger partial charge in [-0.1, -0.05) is 33.1 Å². The van der Waals surface area contributed by atoms with Crippen LogP contribution in [-0.2, 0) is 4.43 Å². The van der Waals surface area contributed by atoms with Crippen molar-refractivity contribution in [3.05, 3.63) is 0 Å². The van der Waals surface area contributed by atoms with Gasteiger partial charge in [0.2, 0.25) is 0 Å². The average molecular weight is 278 g/mol. The van der Waals surface area contributed by atoms with Crippen LogP contribution in [0.15, 0.2) is 0 Å². The maximum absolute atomic E-state index is 5.91. The Bertz CT molecular complexity index is 144. The van der Waals surface area contributed by atoms with E-state index in [1.54, 1.807) is 0 Å². The Balaban J connectivity index is 3.71. The van der Waals surface area contributed by atoms with Crippen molar-refractivity contribution in [2.75, 3.05) is 12.1 Å². The first-order chi connectivity index (χ1) is 6.55. The quantitative estimate of drug-likeness (QED) is 0.363. The summed E-state index contributed by atoms with van der Waals surface area (Å²) in [7, 11) is 0. The number of halogens is 3. The molecule has 0 aromatic rings. The average Bonchev–Trinajstić information content (AvgIpc) is 2.18. The van der Waals surface area contributed by atoms with Crippen LogP contribution in [0, 0.1) is 5.92 Å². The lowest BCUT2D eigenvalue weighted by molar-refractivity contribution is 0.237. The van der Waals surface area contributed by atoms with Gasteiger partial charge in [0, 0.05) is 6.61 Å². The molecule has 14 heavy (non-hydrogen) atoms. The Kier molecular flexibility index (Phi) is 8.84. The molecule has 86 valence electrons. The van der Waals surface area contributed by atoms with Crippen molar-refractivity contribution in [1.29, 1.82) is 0 Å². The molecule has 0 N–H and O–H groups in total. The number of hydrogen-bond acceptors (Lipinski definition) is 1. The zero-order valence-corrected chi connectivity index (χ0v) is 12.1. The molecule has 5 heteroatoms. The SMILES string of the molecule is CCCCC(CC)CO[Si](Cl)(Cl)CCl. The van der Waals surface area contributed by atoms with E-state index < -0.39 is 6.94 Å². The molecule has 0 heterocycles. The summed E-state index contributed by atoms with van der Waals surface area (Å²) in [5.74, 6) is 0.572. The fraction of sp³-hybridized carbons (Fsp3) is 1.00. The Morgan fingerprint density at radius 2 is 1.93 bits per heavy atom. The summed E-state index contributed by atoms with van der Waals surface area (Å²) in [5.41, 5.74) is 0.236. The minimum atomic E-state index is -2.59. The van der Waals surface area contributed by atoms with Crippen molar-refractivity contribution in [1.82, 2.24) is 0 Å². The number of alkyl halides is 1. The van der Waals surface area contributed by atoms with Crippen molar-refractivity contribution in [3.8, 4) is 0 Å². The first-order valence-electron chi connectivity index (χ1n) is 5.13. The van der Waals surface area contributed by atoms with Crippen molar-refractivity contribution in [2.45, 2.75) is 39.5 Å². The molecule has 0 bridgehead atoms. The van der Waals surface area contributed by atoms with Gasteiger partial charge in [-0.25, -0.2) is 0 Å². The molecule has 1 nitrogen and oxygen atoms in total. The zero-order chi connectivity index (χ0) is 11.0.